The summed E-state index contributed by atoms with van der Waals surface area (Å²) in [5.41, 5.74) is -2.37. The van der Waals surface area contributed by atoms with E-state index in [-0.39, 0.29) is 16.9 Å². The number of imidazole rings is 1. The van der Waals surface area contributed by atoms with Gasteiger partial charge in [0.25, 0.3) is 0 Å². The van der Waals surface area contributed by atoms with Crippen LogP contribution in [0.4, 0.5) is 13.2 Å². The zero-order chi connectivity index (χ0) is 16.7. The molecule has 2 aromatic carbocycles. The molecule has 0 atom stereocenters. The molecule has 2 nitrogen and oxygen atoms in total. The number of halogens is 3. The fourth-order valence-electron chi connectivity index (χ4n) is 2.80. The monoisotopic (exact) mass is 344 g/mol. The minimum Gasteiger partial charge on any atom is -0.333 e. The predicted octanol–water partition coefficient (Wildman–Crippen LogP) is 3.28. The maximum absolute atomic E-state index is 12.6. The molecule has 6 heteroatoms. The van der Waals surface area contributed by atoms with Crippen LogP contribution in [0.25, 0.3) is 12.2 Å². The molecule has 0 bridgehead atoms. The highest BCUT2D eigenvalue weighted by molar-refractivity contribution is 8.00. The largest absolute Gasteiger partial charge is 0.449 e. The van der Waals surface area contributed by atoms with E-state index in [1.807, 2.05) is 60.7 Å². The molecule has 1 heterocycles. The Morgan fingerprint density at radius 2 is 1.79 bits per heavy atom. The fraction of sp³-hybridized carbons (Fsp3) is 0.0556. The van der Waals surface area contributed by atoms with E-state index in [0.717, 1.165) is 21.6 Å². The van der Waals surface area contributed by atoms with Crippen LogP contribution in [-0.4, -0.2) is 15.5 Å². The quantitative estimate of drug-likeness (QED) is 0.566. The smallest absolute Gasteiger partial charge is 0.333 e. The molecular formula is C18H11F3N2S. The van der Waals surface area contributed by atoms with Crippen LogP contribution in [0.3, 0.4) is 0 Å². The molecule has 1 N–H and O–H groups in total. The summed E-state index contributed by atoms with van der Waals surface area (Å²) in [6.07, 6.45) is 3.84. The number of aromatic amines is 1. The Bertz CT molecular complexity index is 1120. The predicted molar refractivity (Wildman–Crippen MR) is 87.4 cm³/mol. The van der Waals surface area contributed by atoms with Crippen molar-refractivity contribution in [1.29, 1.82) is 0 Å². The molecule has 0 saturated carbocycles. The Labute approximate surface area is 139 Å². The van der Waals surface area contributed by atoms with Gasteiger partial charge in [-0.1, -0.05) is 48.5 Å². The maximum Gasteiger partial charge on any atom is 0.449 e. The Morgan fingerprint density at radius 3 is 2.54 bits per heavy atom. The number of nitrogens with zero attached hydrogens (tertiary/aromatic N) is 1. The molecule has 120 valence electrons. The van der Waals surface area contributed by atoms with E-state index in [1.165, 1.54) is 0 Å². The number of H-pyrrole nitrogens is 1. The highest BCUT2D eigenvalue weighted by Gasteiger charge is 2.31. The maximum atomic E-state index is 12.6. The summed E-state index contributed by atoms with van der Waals surface area (Å²) in [7, 11) is 0. The van der Waals surface area contributed by atoms with Gasteiger partial charge < -0.3 is 4.98 Å². The zero-order valence-corrected chi connectivity index (χ0v) is 13.1. The Hall–Kier alpha value is -2.47. The average Bonchev–Trinajstić information content (AvgIpc) is 3.03. The number of benzene rings is 2. The molecule has 0 fully saturated rings. The van der Waals surface area contributed by atoms with Gasteiger partial charge in [0.05, 0.1) is 10.7 Å². The molecule has 0 aliphatic heterocycles. The van der Waals surface area contributed by atoms with Crippen molar-refractivity contribution in [3.05, 3.63) is 80.8 Å². The van der Waals surface area contributed by atoms with Gasteiger partial charge >= 0.3 is 5.51 Å². The van der Waals surface area contributed by atoms with Crippen LogP contribution in [0.2, 0.25) is 0 Å². The van der Waals surface area contributed by atoms with Crippen LogP contribution in [0.5, 0.6) is 0 Å². The highest BCUT2D eigenvalue weighted by Crippen LogP contribution is 2.34. The van der Waals surface area contributed by atoms with Gasteiger partial charge in [-0.25, -0.2) is 4.98 Å². The first kappa shape index (κ1) is 15.1. The van der Waals surface area contributed by atoms with Crippen molar-refractivity contribution in [3.8, 4) is 0 Å². The Morgan fingerprint density at radius 1 is 1.00 bits per heavy atom. The summed E-state index contributed by atoms with van der Waals surface area (Å²) in [4.78, 5) is 6.91. The molecule has 0 saturated heterocycles. The minimum atomic E-state index is -4.36. The number of rotatable bonds is 2. The van der Waals surface area contributed by atoms with E-state index in [1.54, 1.807) is 0 Å². The molecular weight excluding hydrogens is 333 g/mol. The second kappa shape index (κ2) is 5.56. The lowest BCUT2D eigenvalue weighted by Gasteiger charge is -2.00. The van der Waals surface area contributed by atoms with Crippen molar-refractivity contribution in [1.82, 2.24) is 9.97 Å². The van der Waals surface area contributed by atoms with Crippen molar-refractivity contribution in [3.63, 3.8) is 0 Å². The molecule has 0 amide bonds. The molecule has 1 aromatic heterocycles. The molecule has 0 radical (unpaired) electrons. The van der Waals surface area contributed by atoms with Gasteiger partial charge in [0.15, 0.2) is 5.16 Å². The first-order chi connectivity index (χ1) is 11.5. The van der Waals surface area contributed by atoms with Crippen molar-refractivity contribution in [2.75, 3.05) is 0 Å². The van der Waals surface area contributed by atoms with E-state index in [2.05, 4.69) is 9.97 Å². The van der Waals surface area contributed by atoms with Gasteiger partial charge in [0, 0.05) is 17.0 Å². The van der Waals surface area contributed by atoms with E-state index in [9.17, 15) is 13.2 Å². The second-order valence-electron chi connectivity index (χ2n) is 5.36. The lowest BCUT2D eigenvalue weighted by Crippen LogP contribution is -2.05. The van der Waals surface area contributed by atoms with E-state index >= 15 is 0 Å². The van der Waals surface area contributed by atoms with Crippen LogP contribution in [0.1, 0.15) is 11.1 Å². The third kappa shape index (κ3) is 2.85. The summed E-state index contributed by atoms with van der Waals surface area (Å²) >= 11 is -0.227. The number of hydrogen-bond donors (Lipinski definition) is 1. The molecule has 24 heavy (non-hydrogen) atoms. The molecule has 0 spiro atoms. The normalized spacial score (nSPS) is 13.5. The van der Waals surface area contributed by atoms with Crippen LogP contribution < -0.4 is 10.6 Å². The first-order valence-corrected chi connectivity index (χ1v) is 8.05. The number of alkyl halides is 3. The summed E-state index contributed by atoms with van der Waals surface area (Å²) < 4.78 is 37.7. The summed E-state index contributed by atoms with van der Waals surface area (Å²) in [5, 5.41) is 2.85. The van der Waals surface area contributed by atoms with Gasteiger partial charge in [-0.05, 0) is 28.5 Å². The number of nitrogens with one attached hydrogen (secondary N) is 1. The van der Waals surface area contributed by atoms with Crippen LogP contribution in [0, 0.1) is 10.6 Å². The van der Waals surface area contributed by atoms with Crippen LogP contribution in [0.15, 0.2) is 53.7 Å². The van der Waals surface area contributed by atoms with Gasteiger partial charge in [-0.2, -0.15) is 13.2 Å². The number of hydrogen-bond acceptors (Lipinski definition) is 2. The SMILES string of the molecule is FC(F)(F)Sc1nc2c([nH]1)=Cc1ccc/c(=C\c3ccccc3)c1=2. The third-order valence-electron chi connectivity index (χ3n) is 3.71. The Balaban J connectivity index is 1.97. The number of fused-ring (bicyclic) bond motifs is 2. The van der Waals surface area contributed by atoms with Crippen molar-refractivity contribution >= 4 is 23.9 Å². The molecule has 0 unspecified atom stereocenters. The van der Waals surface area contributed by atoms with E-state index in [4.69, 9.17) is 0 Å². The standard InChI is InChI=1S/C18H11F3N2S/c19-18(20,21)24-17-22-14-10-13-8-4-7-12(15(13)16(14)23-17)9-11-5-2-1-3-6-11/h1-10H,(H,22,23)/b12-9+. The fourth-order valence-corrected chi connectivity index (χ4v) is 3.32. The first-order valence-electron chi connectivity index (χ1n) is 7.23. The van der Waals surface area contributed by atoms with Gasteiger partial charge in [0.1, 0.15) is 0 Å². The number of aromatic nitrogens is 2. The van der Waals surface area contributed by atoms with Crippen molar-refractivity contribution < 1.29 is 13.2 Å². The summed E-state index contributed by atoms with van der Waals surface area (Å²) in [6.45, 7) is 0. The third-order valence-corrected chi connectivity index (χ3v) is 4.33. The van der Waals surface area contributed by atoms with Crippen LogP contribution in [-0.2, 0) is 0 Å². The van der Waals surface area contributed by atoms with E-state index in [0.29, 0.717) is 10.7 Å². The lowest BCUT2D eigenvalue weighted by atomic mass is 10.1. The summed E-state index contributed by atoms with van der Waals surface area (Å²) in [5.74, 6) is 0. The summed E-state index contributed by atoms with van der Waals surface area (Å²) in [6, 6.07) is 15.6. The average molecular weight is 344 g/mol. The number of thioether (sulfide) groups is 1. The van der Waals surface area contributed by atoms with Gasteiger partial charge in [0.2, 0.25) is 0 Å². The molecule has 1 aliphatic carbocycles. The van der Waals surface area contributed by atoms with Crippen LogP contribution >= 0.6 is 11.8 Å². The zero-order valence-electron chi connectivity index (χ0n) is 12.3. The lowest BCUT2D eigenvalue weighted by molar-refractivity contribution is -0.0330. The molecule has 4 rings (SSSR count). The van der Waals surface area contributed by atoms with Gasteiger partial charge in [-0.3, -0.25) is 0 Å². The minimum absolute atomic E-state index is 0.135. The van der Waals surface area contributed by atoms with Gasteiger partial charge in [-0.15, -0.1) is 0 Å². The Kier molecular flexibility index (Phi) is 3.49. The van der Waals surface area contributed by atoms with Crippen molar-refractivity contribution in [2.45, 2.75) is 10.7 Å². The van der Waals surface area contributed by atoms with Crippen molar-refractivity contribution in [2.24, 2.45) is 0 Å². The highest BCUT2D eigenvalue weighted by atomic mass is 32.2. The van der Waals surface area contributed by atoms with E-state index < -0.39 is 5.51 Å². The second-order valence-corrected chi connectivity index (χ2v) is 6.42. The molecule has 1 aliphatic rings. The topological polar surface area (TPSA) is 28.7 Å². The molecule has 3 aromatic rings.